The second-order valence-electron chi connectivity index (χ2n) is 14.3. The van der Waals surface area contributed by atoms with Crippen LogP contribution in [0.5, 0.6) is 0 Å². The zero-order valence-electron chi connectivity index (χ0n) is 33.1. The van der Waals surface area contributed by atoms with Crippen molar-refractivity contribution < 1.29 is 56.8 Å². The molecular weight excluding hydrogens is 717 g/mol. The van der Waals surface area contributed by atoms with Gasteiger partial charge in [0.1, 0.15) is 36.8 Å². The summed E-state index contributed by atoms with van der Waals surface area (Å²) in [5.74, 6) is -2.02. The maximum absolute atomic E-state index is 12.7. The van der Waals surface area contributed by atoms with Crippen LogP contribution in [0.15, 0.2) is 36.5 Å². The molecule has 0 bridgehead atoms. The van der Waals surface area contributed by atoms with Crippen molar-refractivity contribution in [2.75, 3.05) is 19.0 Å². The molecule has 6 atom stereocenters. The van der Waals surface area contributed by atoms with E-state index in [2.05, 4.69) is 50.3 Å². The van der Waals surface area contributed by atoms with E-state index in [0.717, 1.165) is 83.5 Å². The first-order valence-electron chi connectivity index (χ1n) is 20.5. The average Bonchev–Trinajstić information content (AvgIpc) is 3.13. The summed E-state index contributed by atoms with van der Waals surface area (Å²) in [6.45, 7) is 3.65. The third-order valence-corrected chi connectivity index (χ3v) is 9.94. The van der Waals surface area contributed by atoms with Gasteiger partial charge in [-0.3, -0.25) is 14.1 Å². The van der Waals surface area contributed by atoms with E-state index in [9.17, 15) is 37.9 Å². The Bertz CT molecular complexity index is 1150. The standard InChI is InChI=1S/C41H72O12S/c1-3-5-7-9-11-13-15-17-18-20-21-23-25-27-29-36(42)50-31-34(32-51-41-40(46)39(45)38(44)35(53-41)33-54(47,48)49)52-37(43)30-28-26-24-22-19-16-14-12-10-8-6-4-2/h9,11-12,14-15,17,34-35,38-41,44-46H,3-8,10,13,16,18-33H2,1-2H3,(H,47,48,49)/b11-9+,14-12+,17-15+/t34-,35-,38-,39?,40?,41+/m1/s1. The first kappa shape index (κ1) is 49.9. The van der Waals surface area contributed by atoms with E-state index >= 15 is 0 Å². The van der Waals surface area contributed by atoms with Crippen LogP contribution in [0.3, 0.4) is 0 Å². The van der Waals surface area contributed by atoms with Crippen LogP contribution >= 0.6 is 0 Å². The zero-order valence-corrected chi connectivity index (χ0v) is 33.9. The number of esters is 2. The number of carbonyl (C=O) groups excluding carboxylic acids is 2. The molecule has 1 heterocycles. The molecular formula is C41H72O12S. The van der Waals surface area contributed by atoms with E-state index in [4.69, 9.17) is 18.9 Å². The number of hydrogen-bond acceptors (Lipinski definition) is 11. The highest BCUT2D eigenvalue weighted by molar-refractivity contribution is 7.85. The minimum Gasteiger partial charge on any atom is -0.462 e. The second-order valence-corrected chi connectivity index (χ2v) is 15.8. The van der Waals surface area contributed by atoms with Crippen LogP contribution in [0.1, 0.15) is 155 Å². The maximum atomic E-state index is 12.7. The predicted molar refractivity (Wildman–Crippen MR) is 210 cm³/mol. The number of rotatable bonds is 33. The fraction of sp³-hybridized carbons (Fsp3) is 0.805. The van der Waals surface area contributed by atoms with Gasteiger partial charge in [-0.1, -0.05) is 115 Å². The van der Waals surface area contributed by atoms with Crippen molar-refractivity contribution in [3.63, 3.8) is 0 Å². The largest absolute Gasteiger partial charge is 0.462 e. The van der Waals surface area contributed by atoms with Gasteiger partial charge in [-0.05, 0) is 64.2 Å². The molecule has 0 spiro atoms. The molecule has 0 amide bonds. The Morgan fingerprint density at radius 1 is 0.630 bits per heavy atom. The van der Waals surface area contributed by atoms with Gasteiger partial charge in [0.2, 0.25) is 0 Å². The fourth-order valence-electron chi connectivity index (χ4n) is 5.92. The van der Waals surface area contributed by atoms with Crippen molar-refractivity contribution in [2.45, 2.75) is 192 Å². The van der Waals surface area contributed by atoms with Gasteiger partial charge in [-0.15, -0.1) is 0 Å². The van der Waals surface area contributed by atoms with Crippen LogP contribution in [-0.2, 0) is 38.7 Å². The third kappa shape index (κ3) is 26.6. The minimum absolute atomic E-state index is 0.150. The second kappa shape index (κ2) is 32.0. The quantitative estimate of drug-likeness (QED) is 0.0223. The number of carbonyl (C=O) groups is 2. The number of unbranched alkanes of at least 4 members (excludes halogenated alkanes) is 15. The molecule has 1 rings (SSSR count). The van der Waals surface area contributed by atoms with E-state index < -0.39 is 71.2 Å². The number of ether oxygens (including phenoxy) is 4. The van der Waals surface area contributed by atoms with Crippen LogP contribution in [0, 0.1) is 0 Å². The summed E-state index contributed by atoms with van der Waals surface area (Å²) in [5.41, 5.74) is 0. The van der Waals surface area contributed by atoms with Crippen molar-refractivity contribution in [3.8, 4) is 0 Å². The summed E-state index contributed by atoms with van der Waals surface area (Å²) in [4.78, 5) is 25.3. The SMILES string of the molecule is CCCC/C=C/C/C=C/CCCCCCCC(=O)OC[C@H](CO[C@H]1O[C@H](CS(=O)(=O)O)[C@@H](O)C(O)C1O)OC(=O)CCCCCCC/C=C/CCCCC. The van der Waals surface area contributed by atoms with E-state index in [1.165, 1.54) is 32.1 Å². The lowest BCUT2D eigenvalue weighted by molar-refractivity contribution is -0.297. The van der Waals surface area contributed by atoms with Crippen LogP contribution in [0.4, 0.5) is 0 Å². The highest BCUT2D eigenvalue weighted by Gasteiger charge is 2.46. The van der Waals surface area contributed by atoms with E-state index in [1.54, 1.807) is 0 Å². The lowest BCUT2D eigenvalue weighted by Gasteiger charge is -2.40. The molecule has 2 unspecified atom stereocenters. The van der Waals surface area contributed by atoms with Gasteiger partial charge in [0.15, 0.2) is 12.4 Å². The topological polar surface area (TPSA) is 186 Å². The minimum atomic E-state index is -4.60. The normalized spacial score (nSPS) is 21.3. The molecule has 0 saturated carbocycles. The van der Waals surface area contributed by atoms with Gasteiger partial charge in [0, 0.05) is 12.8 Å². The summed E-state index contributed by atoms with van der Waals surface area (Å²) in [6, 6.07) is 0. The Labute approximate surface area is 325 Å². The molecule has 1 saturated heterocycles. The zero-order chi connectivity index (χ0) is 39.9. The Hall–Kier alpha value is -2.13. The molecule has 0 aliphatic carbocycles. The molecule has 0 aromatic heterocycles. The molecule has 13 heteroatoms. The summed E-state index contributed by atoms with van der Waals surface area (Å²) < 4.78 is 53.9. The van der Waals surface area contributed by atoms with E-state index in [1.807, 2.05) is 0 Å². The Morgan fingerprint density at radius 3 is 1.70 bits per heavy atom. The molecule has 1 aliphatic heterocycles. The molecule has 54 heavy (non-hydrogen) atoms. The van der Waals surface area contributed by atoms with E-state index in [0.29, 0.717) is 12.8 Å². The highest BCUT2D eigenvalue weighted by atomic mass is 32.2. The molecule has 314 valence electrons. The molecule has 0 aromatic rings. The monoisotopic (exact) mass is 788 g/mol. The fourth-order valence-corrected chi connectivity index (χ4v) is 6.61. The van der Waals surface area contributed by atoms with Crippen LogP contribution < -0.4 is 0 Å². The number of allylic oxidation sites excluding steroid dienone is 6. The molecule has 0 aromatic carbocycles. The number of aliphatic hydroxyl groups excluding tert-OH is 3. The van der Waals surface area contributed by atoms with Crippen molar-refractivity contribution in [3.05, 3.63) is 36.5 Å². The van der Waals surface area contributed by atoms with Crippen molar-refractivity contribution in [2.24, 2.45) is 0 Å². The first-order valence-corrected chi connectivity index (χ1v) is 22.2. The molecule has 12 nitrogen and oxygen atoms in total. The average molecular weight is 789 g/mol. The van der Waals surface area contributed by atoms with Crippen LogP contribution in [-0.4, -0.2) is 96.0 Å². The Morgan fingerprint density at radius 2 is 1.13 bits per heavy atom. The van der Waals surface area contributed by atoms with Crippen molar-refractivity contribution in [1.82, 2.24) is 0 Å². The van der Waals surface area contributed by atoms with Gasteiger partial charge in [-0.25, -0.2) is 0 Å². The number of hydrogen-bond donors (Lipinski definition) is 4. The van der Waals surface area contributed by atoms with Gasteiger partial charge in [-0.2, -0.15) is 8.42 Å². The smallest absolute Gasteiger partial charge is 0.306 e. The first-order chi connectivity index (χ1) is 26.0. The summed E-state index contributed by atoms with van der Waals surface area (Å²) in [7, 11) is -4.60. The van der Waals surface area contributed by atoms with Crippen molar-refractivity contribution in [1.29, 1.82) is 0 Å². The van der Waals surface area contributed by atoms with Gasteiger partial charge >= 0.3 is 11.9 Å². The Balaban J connectivity index is 2.51. The highest BCUT2D eigenvalue weighted by Crippen LogP contribution is 2.24. The summed E-state index contributed by atoms with van der Waals surface area (Å²) in [6.07, 6.45) is 24.8. The maximum Gasteiger partial charge on any atom is 0.306 e. The summed E-state index contributed by atoms with van der Waals surface area (Å²) in [5, 5.41) is 30.8. The van der Waals surface area contributed by atoms with Crippen LogP contribution in [0.25, 0.3) is 0 Å². The van der Waals surface area contributed by atoms with Gasteiger partial charge in [0.05, 0.1) is 6.61 Å². The van der Waals surface area contributed by atoms with Crippen LogP contribution in [0.2, 0.25) is 0 Å². The third-order valence-electron chi connectivity index (χ3n) is 9.19. The van der Waals surface area contributed by atoms with Crippen molar-refractivity contribution >= 4 is 22.1 Å². The molecule has 1 aliphatic rings. The molecule has 1 fully saturated rings. The lowest BCUT2D eigenvalue weighted by Crippen LogP contribution is -2.60. The van der Waals surface area contributed by atoms with Gasteiger partial charge in [0.25, 0.3) is 10.1 Å². The predicted octanol–water partition coefficient (Wildman–Crippen LogP) is 7.44. The van der Waals surface area contributed by atoms with E-state index in [-0.39, 0.29) is 19.4 Å². The number of aliphatic hydroxyl groups is 3. The van der Waals surface area contributed by atoms with Gasteiger partial charge < -0.3 is 34.3 Å². The Kier molecular flexibility index (Phi) is 29.6. The molecule has 0 radical (unpaired) electrons. The molecule has 4 N–H and O–H groups in total. The summed E-state index contributed by atoms with van der Waals surface area (Å²) >= 11 is 0. The lowest BCUT2D eigenvalue weighted by atomic mass is 10.00.